The zero-order valence-electron chi connectivity index (χ0n) is 14.1. The summed E-state index contributed by atoms with van der Waals surface area (Å²) in [5, 5.41) is 0. The fourth-order valence-corrected chi connectivity index (χ4v) is 4.29. The van der Waals surface area contributed by atoms with Crippen LogP contribution in [-0.2, 0) is 18.3 Å². The molecule has 0 radical (unpaired) electrons. The highest BCUT2D eigenvalue weighted by atomic mass is 31.2. The number of rotatable bonds is 3. The monoisotopic (exact) mass is 397 g/mol. The van der Waals surface area contributed by atoms with E-state index in [2.05, 4.69) is 4.98 Å². The molecule has 1 aromatic heterocycles. The minimum Gasteiger partial charge on any atom is -0.404 e. The number of nitrogens with two attached hydrogens (primary N) is 1. The van der Waals surface area contributed by atoms with Crippen LogP contribution in [0.5, 0.6) is 5.75 Å². The fraction of sp³-hybridized carbons (Fsp3) is 0.375. The van der Waals surface area contributed by atoms with Gasteiger partial charge in [-0.15, -0.1) is 0 Å². The molecular weight excluding hydrogens is 380 g/mol. The van der Waals surface area contributed by atoms with E-state index in [0.717, 1.165) is 10.8 Å². The van der Waals surface area contributed by atoms with E-state index < -0.39 is 37.5 Å². The number of anilines is 1. The molecule has 0 amide bonds. The molecule has 0 aliphatic carbocycles. The van der Waals surface area contributed by atoms with Crippen molar-refractivity contribution in [3.8, 4) is 5.75 Å². The van der Waals surface area contributed by atoms with E-state index in [0.29, 0.717) is 12.2 Å². The highest BCUT2D eigenvalue weighted by molar-refractivity contribution is 7.48. The number of phosphoric acid groups is 1. The summed E-state index contributed by atoms with van der Waals surface area (Å²) in [4.78, 5) is 15.4. The molecular formula is C16H17FN3O6P. The number of hydrogen-bond acceptors (Lipinski definition) is 8. The normalized spacial score (nSPS) is 30.5. The van der Waals surface area contributed by atoms with Crippen molar-refractivity contribution in [3.63, 3.8) is 0 Å². The Morgan fingerprint density at radius 1 is 1.26 bits per heavy atom. The highest BCUT2D eigenvalue weighted by Gasteiger charge is 2.44. The predicted molar refractivity (Wildman–Crippen MR) is 91.5 cm³/mol. The summed E-state index contributed by atoms with van der Waals surface area (Å²) in [5.41, 5.74) is 4.58. The first kappa shape index (κ1) is 18.1. The van der Waals surface area contributed by atoms with E-state index in [1.54, 1.807) is 30.3 Å². The third kappa shape index (κ3) is 3.74. The second kappa shape index (κ2) is 7.05. The number of phosphoric ester groups is 1. The molecule has 1 unspecified atom stereocenters. The van der Waals surface area contributed by atoms with E-state index in [1.807, 2.05) is 0 Å². The van der Waals surface area contributed by atoms with Gasteiger partial charge in [0.25, 0.3) is 0 Å². The van der Waals surface area contributed by atoms with Gasteiger partial charge >= 0.3 is 13.5 Å². The van der Waals surface area contributed by atoms with Gasteiger partial charge in [-0.25, -0.2) is 13.8 Å². The lowest BCUT2D eigenvalue weighted by atomic mass is 10.0. The number of aromatic nitrogens is 2. The lowest BCUT2D eigenvalue weighted by molar-refractivity contribution is -0.0262. The van der Waals surface area contributed by atoms with Crippen molar-refractivity contribution in [2.75, 3.05) is 18.9 Å². The first-order valence-electron chi connectivity index (χ1n) is 8.27. The number of fused-ring (bicyclic) bond motifs is 1. The Morgan fingerprint density at radius 2 is 2.00 bits per heavy atom. The van der Waals surface area contributed by atoms with E-state index in [-0.39, 0.29) is 19.1 Å². The Morgan fingerprint density at radius 3 is 2.78 bits per heavy atom. The molecule has 9 nitrogen and oxygen atoms in total. The third-order valence-electron chi connectivity index (χ3n) is 4.41. The highest BCUT2D eigenvalue weighted by Crippen LogP contribution is 2.53. The molecule has 144 valence electrons. The van der Waals surface area contributed by atoms with Gasteiger partial charge in [-0.3, -0.25) is 13.6 Å². The van der Waals surface area contributed by atoms with Gasteiger partial charge in [-0.2, -0.15) is 4.98 Å². The van der Waals surface area contributed by atoms with E-state index in [9.17, 15) is 13.8 Å². The van der Waals surface area contributed by atoms with Crippen LogP contribution in [0.25, 0.3) is 0 Å². The molecule has 2 N–H and O–H groups in total. The van der Waals surface area contributed by atoms with Gasteiger partial charge in [0.05, 0.1) is 25.5 Å². The van der Waals surface area contributed by atoms with Crippen LogP contribution in [0.2, 0.25) is 0 Å². The van der Waals surface area contributed by atoms with Crippen molar-refractivity contribution in [2.24, 2.45) is 5.92 Å². The van der Waals surface area contributed by atoms with Crippen LogP contribution in [0.15, 0.2) is 41.3 Å². The van der Waals surface area contributed by atoms with Crippen molar-refractivity contribution in [2.45, 2.75) is 18.8 Å². The minimum absolute atomic E-state index is 0.0465. The molecule has 11 heteroatoms. The first-order valence-corrected chi connectivity index (χ1v) is 9.73. The van der Waals surface area contributed by atoms with Gasteiger partial charge < -0.3 is 15.0 Å². The number of benzene rings is 1. The summed E-state index contributed by atoms with van der Waals surface area (Å²) in [6.07, 6.45) is 0.0724. The number of hydrogen-bond donors (Lipinski definition) is 1. The zero-order valence-corrected chi connectivity index (χ0v) is 15.0. The maximum Gasteiger partial charge on any atom is 0.530 e. The number of halogens is 1. The van der Waals surface area contributed by atoms with Crippen LogP contribution in [0.3, 0.4) is 0 Å². The summed E-state index contributed by atoms with van der Waals surface area (Å²) in [5.74, 6) is -1.12. The number of nitrogens with zero attached hydrogens (tertiary/aromatic N) is 2. The second-order valence-corrected chi connectivity index (χ2v) is 7.83. The Balaban J connectivity index is 1.46. The molecule has 4 atom stereocenters. The average molecular weight is 397 g/mol. The number of para-hydroxylation sites is 1. The molecule has 2 aliphatic rings. The minimum atomic E-state index is -3.79. The Labute approximate surface area is 153 Å². The number of nitrogen functional groups attached to an aromatic ring is 1. The molecule has 2 aliphatic heterocycles. The molecule has 2 saturated heterocycles. The van der Waals surface area contributed by atoms with E-state index in [1.165, 1.54) is 0 Å². The van der Waals surface area contributed by atoms with Crippen molar-refractivity contribution in [3.05, 3.63) is 52.8 Å². The van der Waals surface area contributed by atoms with Crippen LogP contribution < -0.4 is 15.9 Å². The molecule has 3 heterocycles. The van der Waals surface area contributed by atoms with Crippen molar-refractivity contribution >= 4 is 13.6 Å². The maximum atomic E-state index is 13.7. The summed E-state index contributed by atoms with van der Waals surface area (Å²) in [7, 11) is -3.79. The van der Waals surface area contributed by atoms with Crippen LogP contribution in [0.4, 0.5) is 10.2 Å². The van der Waals surface area contributed by atoms with Gasteiger partial charge in [-0.1, -0.05) is 18.2 Å². The van der Waals surface area contributed by atoms with Gasteiger partial charge in [0.2, 0.25) is 0 Å². The van der Waals surface area contributed by atoms with Crippen LogP contribution in [-0.4, -0.2) is 28.9 Å². The van der Waals surface area contributed by atoms with Gasteiger partial charge in [0.15, 0.2) is 11.6 Å². The molecule has 27 heavy (non-hydrogen) atoms. The van der Waals surface area contributed by atoms with Gasteiger partial charge in [-0.05, 0) is 12.1 Å². The largest absolute Gasteiger partial charge is 0.530 e. The second-order valence-electron chi connectivity index (χ2n) is 6.23. The van der Waals surface area contributed by atoms with Crippen LogP contribution in [0.1, 0.15) is 12.6 Å². The summed E-state index contributed by atoms with van der Waals surface area (Å²) >= 11 is 0. The zero-order chi connectivity index (χ0) is 19.0. The van der Waals surface area contributed by atoms with Crippen molar-refractivity contribution in [1.82, 2.24) is 9.55 Å². The summed E-state index contributed by atoms with van der Waals surface area (Å²) < 4.78 is 49.3. The molecule has 1 aromatic carbocycles. The standard InChI is InChI=1S/C16H17FN3O6P/c17-12-7-20(16(21)19-15(12)18)14-6-10-8-23-27(22,24-9-13(10)25-14)26-11-4-2-1-3-5-11/h1-5,7,10,13-14H,6,8-9H2,(H2,18,19,21)/t10-,13-,14+,27?/m1/s1. The summed E-state index contributed by atoms with van der Waals surface area (Å²) in [6.45, 7) is -0.00414. The lowest BCUT2D eigenvalue weighted by Gasteiger charge is -2.18. The molecule has 0 saturated carbocycles. The first-order chi connectivity index (χ1) is 12.9. The maximum absolute atomic E-state index is 13.7. The molecule has 0 spiro atoms. The van der Waals surface area contributed by atoms with E-state index in [4.69, 9.17) is 24.0 Å². The predicted octanol–water partition coefficient (Wildman–Crippen LogP) is 2.10. The topological polar surface area (TPSA) is 115 Å². The Kier molecular flexibility index (Phi) is 4.73. The smallest absolute Gasteiger partial charge is 0.404 e. The van der Waals surface area contributed by atoms with Crippen molar-refractivity contribution in [1.29, 1.82) is 0 Å². The summed E-state index contributed by atoms with van der Waals surface area (Å²) in [6, 6.07) is 8.55. The molecule has 2 fully saturated rings. The fourth-order valence-electron chi connectivity index (χ4n) is 3.03. The Bertz CT molecular complexity index is 919. The van der Waals surface area contributed by atoms with E-state index >= 15 is 0 Å². The molecule has 4 rings (SSSR count). The number of ether oxygens (including phenoxy) is 1. The molecule has 2 aromatic rings. The van der Waals surface area contributed by atoms with Crippen LogP contribution >= 0.6 is 7.82 Å². The third-order valence-corrected chi connectivity index (χ3v) is 5.78. The lowest BCUT2D eigenvalue weighted by Crippen LogP contribution is -2.29. The quantitative estimate of drug-likeness (QED) is 0.783. The van der Waals surface area contributed by atoms with Gasteiger partial charge in [0.1, 0.15) is 12.0 Å². The van der Waals surface area contributed by atoms with Crippen molar-refractivity contribution < 1.29 is 27.3 Å². The SMILES string of the molecule is Nc1nc(=O)n([C@@H]2C[C@@H]3COP(=O)(Oc4ccccc4)OC[C@H]3O2)cc1F. The Hall–Kier alpha value is -2.26. The van der Waals surface area contributed by atoms with Gasteiger partial charge in [0, 0.05) is 12.3 Å². The van der Waals surface area contributed by atoms with Crippen LogP contribution in [0, 0.1) is 11.7 Å². The molecule has 0 bridgehead atoms. The average Bonchev–Trinajstić information content (AvgIpc) is 2.99.